The average Bonchev–Trinajstić information content (AvgIpc) is 2.26. The number of anilines is 1. The molecule has 0 bridgehead atoms. The van der Waals surface area contributed by atoms with Gasteiger partial charge >= 0.3 is 0 Å². The minimum atomic E-state index is -0.332. The van der Waals surface area contributed by atoms with Crippen LogP contribution in [0.3, 0.4) is 0 Å². The molecule has 0 amide bonds. The third-order valence-electron chi connectivity index (χ3n) is 2.18. The molecule has 0 fully saturated rings. The highest BCUT2D eigenvalue weighted by atomic mass is 16.5. The Labute approximate surface area is 93.7 Å². The average molecular weight is 227 g/mol. The second-order valence-corrected chi connectivity index (χ2v) is 4.29. The van der Waals surface area contributed by atoms with Crippen molar-refractivity contribution in [3.8, 4) is 5.75 Å². The first-order valence-corrected chi connectivity index (χ1v) is 4.96. The third kappa shape index (κ3) is 2.96. The van der Waals surface area contributed by atoms with E-state index in [1.165, 1.54) is 13.4 Å². The summed E-state index contributed by atoms with van der Waals surface area (Å²) >= 11 is 0. The second-order valence-electron chi connectivity index (χ2n) is 4.29. The fraction of sp³-hybridized carbons (Fsp3) is 0.600. The third-order valence-corrected chi connectivity index (χ3v) is 2.18. The number of methoxy groups -OCH3 is 1. The molecule has 6 nitrogen and oxygen atoms in total. The summed E-state index contributed by atoms with van der Waals surface area (Å²) in [5.74, 6) is 0.531. The second kappa shape index (κ2) is 4.98. The van der Waals surface area contributed by atoms with Crippen LogP contribution in [0.1, 0.15) is 13.8 Å². The molecule has 0 aromatic carbocycles. The number of nitrogens with one attached hydrogen (secondary N) is 2. The number of aromatic amines is 1. The van der Waals surface area contributed by atoms with Crippen LogP contribution in [0.25, 0.3) is 0 Å². The van der Waals surface area contributed by atoms with E-state index in [4.69, 9.17) is 9.84 Å². The highest BCUT2D eigenvalue weighted by molar-refractivity contribution is 5.47. The Bertz CT molecular complexity index is 401. The number of rotatable bonds is 5. The maximum Gasteiger partial charge on any atom is 0.295 e. The summed E-state index contributed by atoms with van der Waals surface area (Å²) in [7, 11) is 1.41. The van der Waals surface area contributed by atoms with Crippen LogP contribution < -0.4 is 15.6 Å². The number of hydrogen-bond acceptors (Lipinski definition) is 5. The van der Waals surface area contributed by atoms with E-state index < -0.39 is 0 Å². The van der Waals surface area contributed by atoms with E-state index in [1.54, 1.807) is 0 Å². The number of H-pyrrole nitrogens is 1. The van der Waals surface area contributed by atoms with Gasteiger partial charge in [0.15, 0.2) is 5.82 Å². The summed E-state index contributed by atoms with van der Waals surface area (Å²) < 4.78 is 4.94. The van der Waals surface area contributed by atoms with Gasteiger partial charge in [-0.1, -0.05) is 13.8 Å². The normalized spacial score (nSPS) is 11.2. The van der Waals surface area contributed by atoms with E-state index in [0.29, 0.717) is 12.4 Å². The van der Waals surface area contributed by atoms with E-state index >= 15 is 0 Å². The summed E-state index contributed by atoms with van der Waals surface area (Å²) in [6, 6.07) is 0. The first kappa shape index (κ1) is 12.5. The number of aliphatic hydroxyl groups is 1. The van der Waals surface area contributed by atoms with Gasteiger partial charge in [0.1, 0.15) is 0 Å². The fourth-order valence-electron chi connectivity index (χ4n) is 1.08. The number of nitrogens with zero attached hydrogens (tertiary/aromatic N) is 1. The van der Waals surface area contributed by atoms with Crippen LogP contribution in [0.4, 0.5) is 5.82 Å². The first-order chi connectivity index (χ1) is 7.50. The smallest absolute Gasteiger partial charge is 0.295 e. The van der Waals surface area contributed by atoms with Gasteiger partial charge in [0.25, 0.3) is 5.56 Å². The molecule has 0 aliphatic carbocycles. The molecular formula is C10H17N3O3. The SMILES string of the molecule is COc1c(NCC(C)(C)CO)nc[nH]c1=O. The largest absolute Gasteiger partial charge is 0.489 e. The van der Waals surface area contributed by atoms with Crippen molar-refractivity contribution in [2.45, 2.75) is 13.8 Å². The standard InChI is InChI=1S/C10H17N3O3/c1-10(2,5-14)4-11-8-7(16-3)9(15)13-6-12-8/h6,14H,4-5H2,1-3H3,(H2,11,12,13,15). The van der Waals surface area contributed by atoms with E-state index in [9.17, 15) is 4.79 Å². The van der Waals surface area contributed by atoms with Crippen LogP contribution in [-0.4, -0.2) is 35.3 Å². The van der Waals surface area contributed by atoms with E-state index in [2.05, 4.69) is 15.3 Å². The van der Waals surface area contributed by atoms with Gasteiger partial charge in [0.2, 0.25) is 5.75 Å². The molecule has 1 aromatic rings. The molecule has 0 atom stereocenters. The monoisotopic (exact) mass is 227 g/mol. The molecule has 0 saturated heterocycles. The van der Waals surface area contributed by atoms with Gasteiger partial charge in [-0.05, 0) is 0 Å². The Morgan fingerprint density at radius 3 is 2.88 bits per heavy atom. The van der Waals surface area contributed by atoms with Crippen molar-refractivity contribution in [3.05, 3.63) is 16.7 Å². The van der Waals surface area contributed by atoms with Crippen molar-refractivity contribution in [2.24, 2.45) is 5.41 Å². The van der Waals surface area contributed by atoms with E-state index in [1.807, 2.05) is 13.8 Å². The van der Waals surface area contributed by atoms with Gasteiger partial charge in [0, 0.05) is 18.6 Å². The Morgan fingerprint density at radius 2 is 2.31 bits per heavy atom. The predicted octanol–water partition coefficient (Wildman–Crippen LogP) is 0.209. The predicted molar refractivity (Wildman–Crippen MR) is 60.8 cm³/mol. The van der Waals surface area contributed by atoms with Crippen molar-refractivity contribution in [3.63, 3.8) is 0 Å². The lowest BCUT2D eigenvalue weighted by atomic mass is 9.95. The minimum Gasteiger partial charge on any atom is -0.489 e. The Hall–Kier alpha value is -1.56. The molecule has 0 radical (unpaired) electrons. The molecule has 0 saturated carbocycles. The topological polar surface area (TPSA) is 87.2 Å². The lowest BCUT2D eigenvalue weighted by Gasteiger charge is -2.22. The Kier molecular flexibility index (Phi) is 3.89. The zero-order valence-electron chi connectivity index (χ0n) is 9.70. The molecule has 16 heavy (non-hydrogen) atoms. The Morgan fingerprint density at radius 1 is 1.62 bits per heavy atom. The van der Waals surface area contributed by atoms with Crippen molar-refractivity contribution < 1.29 is 9.84 Å². The zero-order valence-corrected chi connectivity index (χ0v) is 9.70. The maximum absolute atomic E-state index is 11.4. The van der Waals surface area contributed by atoms with Crippen LogP contribution in [0.15, 0.2) is 11.1 Å². The molecular weight excluding hydrogens is 210 g/mol. The summed E-state index contributed by atoms with van der Waals surface area (Å²) in [4.78, 5) is 17.8. The molecule has 0 unspecified atom stereocenters. The molecule has 6 heteroatoms. The molecule has 0 spiro atoms. The molecule has 1 rings (SSSR count). The molecule has 3 N–H and O–H groups in total. The van der Waals surface area contributed by atoms with Crippen molar-refractivity contribution in [1.29, 1.82) is 0 Å². The molecule has 90 valence electrons. The Balaban J connectivity index is 2.82. The van der Waals surface area contributed by atoms with E-state index in [0.717, 1.165) is 0 Å². The van der Waals surface area contributed by atoms with Crippen molar-refractivity contribution in [1.82, 2.24) is 9.97 Å². The van der Waals surface area contributed by atoms with Gasteiger partial charge in [-0.25, -0.2) is 4.98 Å². The lowest BCUT2D eigenvalue weighted by Crippen LogP contribution is -2.28. The maximum atomic E-state index is 11.4. The summed E-state index contributed by atoms with van der Waals surface area (Å²) in [5.41, 5.74) is -0.614. The van der Waals surface area contributed by atoms with Gasteiger partial charge < -0.3 is 20.1 Å². The van der Waals surface area contributed by atoms with Gasteiger partial charge in [-0.15, -0.1) is 0 Å². The van der Waals surface area contributed by atoms with Crippen molar-refractivity contribution in [2.75, 3.05) is 25.6 Å². The van der Waals surface area contributed by atoms with Crippen molar-refractivity contribution >= 4 is 5.82 Å². The summed E-state index contributed by atoms with van der Waals surface area (Å²) in [5, 5.41) is 12.1. The molecule has 0 aliphatic heterocycles. The van der Waals surface area contributed by atoms with Crippen LogP contribution >= 0.6 is 0 Å². The molecule has 1 aromatic heterocycles. The van der Waals surface area contributed by atoms with Crippen LogP contribution in [0.5, 0.6) is 5.75 Å². The van der Waals surface area contributed by atoms with Crippen LogP contribution in [-0.2, 0) is 0 Å². The first-order valence-electron chi connectivity index (χ1n) is 4.96. The zero-order chi connectivity index (χ0) is 12.2. The highest BCUT2D eigenvalue weighted by Gasteiger charge is 2.18. The number of ether oxygens (including phenoxy) is 1. The number of aliphatic hydroxyl groups excluding tert-OH is 1. The highest BCUT2D eigenvalue weighted by Crippen LogP contribution is 2.18. The minimum absolute atomic E-state index is 0.0471. The summed E-state index contributed by atoms with van der Waals surface area (Å²) in [6.07, 6.45) is 1.30. The van der Waals surface area contributed by atoms with Crippen LogP contribution in [0, 0.1) is 5.41 Å². The summed E-state index contributed by atoms with van der Waals surface area (Å²) in [6.45, 7) is 4.35. The lowest BCUT2D eigenvalue weighted by molar-refractivity contribution is 0.170. The van der Waals surface area contributed by atoms with E-state index in [-0.39, 0.29) is 23.3 Å². The number of aromatic nitrogens is 2. The van der Waals surface area contributed by atoms with Gasteiger partial charge in [-0.2, -0.15) is 0 Å². The van der Waals surface area contributed by atoms with Gasteiger partial charge in [-0.3, -0.25) is 4.79 Å². The quantitative estimate of drug-likeness (QED) is 0.669. The van der Waals surface area contributed by atoms with Crippen LogP contribution in [0.2, 0.25) is 0 Å². The molecule has 1 heterocycles. The fourth-order valence-corrected chi connectivity index (χ4v) is 1.08. The molecule has 0 aliphatic rings. The number of hydrogen-bond donors (Lipinski definition) is 3. The van der Waals surface area contributed by atoms with Gasteiger partial charge in [0.05, 0.1) is 13.4 Å².